The molecule has 0 unspecified atom stereocenters. The minimum atomic E-state index is -0.512. The number of pyridine rings is 1. The van der Waals surface area contributed by atoms with Crippen LogP contribution in [0.2, 0.25) is 0 Å². The van der Waals surface area contributed by atoms with Crippen molar-refractivity contribution in [2.75, 3.05) is 11.9 Å². The van der Waals surface area contributed by atoms with E-state index in [2.05, 4.69) is 15.6 Å². The number of hydrogen-bond acceptors (Lipinski definition) is 6. The van der Waals surface area contributed by atoms with E-state index in [9.17, 15) is 19.3 Å². The number of nitrogens with one attached hydrogen (secondary N) is 2. The maximum absolute atomic E-state index is 14.0. The zero-order valence-corrected chi connectivity index (χ0v) is 20.7. The van der Waals surface area contributed by atoms with Crippen LogP contribution in [-0.2, 0) is 4.79 Å². The Labute approximate surface area is 222 Å². The van der Waals surface area contributed by atoms with Gasteiger partial charge in [0.05, 0.1) is 22.3 Å². The molecule has 2 aromatic carbocycles. The van der Waals surface area contributed by atoms with Gasteiger partial charge in [-0.15, -0.1) is 0 Å². The highest BCUT2D eigenvalue weighted by Gasteiger charge is 2.41. The van der Waals surface area contributed by atoms with Gasteiger partial charge in [0, 0.05) is 36.9 Å². The van der Waals surface area contributed by atoms with Gasteiger partial charge < -0.3 is 20.0 Å². The molecule has 1 aliphatic rings. The minimum Gasteiger partial charge on any atom is -0.459 e. The summed E-state index contributed by atoms with van der Waals surface area (Å²) in [4.78, 5) is 29.5. The van der Waals surface area contributed by atoms with Crippen LogP contribution in [0.25, 0.3) is 11.3 Å². The molecule has 5 rings (SSSR count). The maximum atomic E-state index is 14.0. The molecule has 0 spiro atoms. The van der Waals surface area contributed by atoms with Crippen molar-refractivity contribution in [2.24, 2.45) is 0 Å². The van der Waals surface area contributed by atoms with E-state index in [1.165, 1.54) is 24.3 Å². The number of non-ortho nitro benzene ring substituents is 1. The first-order valence-electron chi connectivity index (χ1n) is 11.8. The van der Waals surface area contributed by atoms with Crippen LogP contribution < -0.4 is 10.6 Å². The molecule has 1 fully saturated rings. The predicted octanol–water partition coefficient (Wildman–Crippen LogP) is 5.39. The average molecular weight is 532 g/mol. The second-order valence-corrected chi connectivity index (χ2v) is 8.99. The van der Waals surface area contributed by atoms with E-state index in [1.807, 2.05) is 29.2 Å². The molecule has 11 heteroatoms. The molecule has 3 heterocycles. The van der Waals surface area contributed by atoms with Gasteiger partial charge in [0.2, 0.25) is 5.91 Å². The Morgan fingerprint density at radius 1 is 1.11 bits per heavy atom. The van der Waals surface area contributed by atoms with Crippen molar-refractivity contribution >= 4 is 34.6 Å². The van der Waals surface area contributed by atoms with E-state index in [1.54, 1.807) is 36.5 Å². The highest BCUT2D eigenvalue weighted by Crippen LogP contribution is 2.40. The number of benzene rings is 2. The van der Waals surface area contributed by atoms with Crippen molar-refractivity contribution in [2.45, 2.75) is 18.5 Å². The summed E-state index contributed by atoms with van der Waals surface area (Å²) in [6, 6.07) is 20.5. The Kier molecular flexibility index (Phi) is 7.09. The Hall–Kier alpha value is -4.64. The topological polar surface area (TPSA) is 114 Å². The van der Waals surface area contributed by atoms with Crippen molar-refractivity contribution in [3.63, 3.8) is 0 Å². The number of nitro groups is 1. The highest BCUT2D eigenvalue weighted by atomic mass is 32.1. The van der Waals surface area contributed by atoms with E-state index >= 15 is 0 Å². The molecule has 192 valence electrons. The molecule has 0 saturated carbocycles. The quantitative estimate of drug-likeness (QED) is 0.177. The van der Waals surface area contributed by atoms with Crippen molar-refractivity contribution in [3.05, 3.63) is 112 Å². The number of amides is 1. The minimum absolute atomic E-state index is 0.0130. The molecule has 0 aliphatic carbocycles. The lowest BCUT2D eigenvalue weighted by Gasteiger charge is -2.25. The molecule has 1 amide bonds. The van der Waals surface area contributed by atoms with Crippen molar-refractivity contribution in [1.29, 1.82) is 0 Å². The Morgan fingerprint density at radius 3 is 2.58 bits per heavy atom. The normalized spacial score (nSPS) is 16.8. The molecule has 0 radical (unpaired) electrons. The van der Waals surface area contributed by atoms with Gasteiger partial charge in [-0.25, -0.2) is 4.39 Å². The van der Waals surface area contributed by atoms with E-state index < -0.39 is 16.8 Å². The first-order chi connectivity index (χ1) is 18.4. The number of rotatable bonds is 8. The van der Waals surface area contributed by atoms with Crippen molar-refractivity contribution in [1.82, 2.24) is 15.2 Å². The molecule has 2 atom stereocenters. The summed E-state index contributed by atoms with van der Waals surface area (Å²) in [6.07, 6.45) is 1.74. The van der Waals surface area contributed by atoms with Gasteiger partial charge in [0.15, 0.2) is 5.11 Å². The van der Waals surface area contributed by atoms with Gasteiger partial charge in [0.1, 0.15) is 23.4 Å². The summed E-state index contributed by atoms with van der Waals surface area (Å²) >= 11 is 5.63. The molecule has 2 N–H and O–H groups in total. The number of anilines is 1. The van der Waals surface area contributed by atoms with E-state index in [4.69, 9.17) is 16.6 Å². The second-order valence-electron chi connectivity index (χ2n) is 8.60. The van der Waals surface area contributed by atoms with Gasteiger partial charge in [-0.1, -0.05) is 18.2 Å². The summed E-state index contributed by atoms with van der Waals surface area (Å²) in [7, 11) is 0. The Morgan fingerprint density at radius 2 is 1.87 bits per heavy atom. The third kappa shape index (κ3) is 5.23. The molecular formula is C27H22FN5O4S. The number of thiocarbonyl (C=S) groups is 1. The van der Waals surface area contributed by atoms with Crippen LogP contribution in [0.1, 0.15) is 30.0 Å². The lowest BCUT2D eigenvalue weighted by Crippen LogP contribution is -2.32. The third-order valence-corrected chi connectivity index (χ3v) is 6.56. The van der Waals surface area contributed by atoms with Crippen LogP contribution in [-0.4, -0.2) is 32.4 Å². The van der Waals surface area contributed by atoms with Crippen molar-refractivity contribution in [3.8, 4) is 11.3 Å². The smallest absolute Gasteiger partial charge is 0.269 e. The van der Waals surface area contributed by atoms with Crippen LogP contribution in [0.4, 0.5) is 15.8 Å². The SMILES string of the molecule is O=C(CCN1C(=S)N[C@@H](c2ccccn2)[C@H]1c1ccc(-c2ccc([N+](=O)[O-])cc2)o1)Nc1ccccc1F. The molecule has 1 aliphatic heterocycles. The lowest BCUT2D eigenvalue weighted by molar-refractivity contribution is -0.384. The van der Waals surface area contributed by atoms with Gasteiger partial charge in [0.25, 0.3) is 5.69 Å². The number of halogens is 1. The van der Waals surface area contributed by atoms with Gasteiger partial charge in [-0.2, -0.15) is 0 Å². The van der Waals surface area contributed by atoms with Crippen LogP contribution >= 0.6 is 12.2 Å². The zero-order valence-electron chi connectivity index (χ0n) is 19.9. The molecule has 0 bridgehead atoms. The largest absolute Gasteiger partial charge is 0.459 e. The van der Waals surface area contributed by atoms with E-state index in [0.29, 0.717) is 22.2 Å². The number of carbonyl (C=O) groups excluding carboxylic acids is 1. The predicted molar refractivity (Wildman–Crippen MR) is 143 cm³/mol. The summed E-state index contributed by atoms with van der Waals surface area (Å²) in [5.74, 6) is 0.242. The number of furan rings is 1. The van der Waals surface area contributed by atoms with Crippen LogP contribution in [0, 0.1) is 15.9 Å². The average Bonchev–Trinajstić information content (AvgIpc) is 3.54. The first-order valence-corrected chi connectivity index (χ1v) is 12.2. The number of carbonyl (C=O) groups is 1. The second kappa shape index (κ2) is 10.8. The summed E-state index contributed by atoms with van der Waals surface area (Å²) in [6.45, 7) is 0.244. The van der Waals surface area contributed by atoms with Crippen molar-refractivity contribution < 1.29 is 18.5 Å². The Balaban J connectivity index is 1.40. The van der Waals surface area contributed by atoms with Gasteiger partial charge in [-0.05, 0) is 60.7 Å². The zero-order chi connectivity index (χ0) is 26.6. The summed E-state index contributed by atoms with van der Waals surface area (Å²) in [5, 5.41) is 17.3. The molecule has 2 aromatic heterocycles. The summed E-state index contributed by atoms with van der Waals surface area (Å²) in [5.41, 5.74) is 1.52. The fourth-order valence-corrected chi connectivity index (χ4v) is 4.70. The third-order valence-electron chi connectivity index (χ3n) is 6.21. The number of aromatic nitrogens is 1. The number of para-hydroxylation sites is 1. The number of nitro benzene ring substituents is 1. The monoisotopic (exact) mass is 531 g/mol. The van der Waals surface area contributed by atoms with E-state index in [-0.39, 0.29) is 36.3 Å². The number of nitrogens with zero attached hydrogens (tertiary/aromatic N) is 3. The van der Waals surface area contributed by atoms with Crippen LogP contribution in [0.5, 0.6) is 0 Å². The van der Waals surface area contributed by atoms with Gasteiger partial charge in [-0.3, -0.25) is 19.9 Å². The van der Waals surface area contributed by atoms with E-state index in [0.717, 1.165) is 5.69 Å². The summed E-state index contributed by atoms with van der Waals surface area (Å²) < 4.78 is 20.2. The molecule has 1 saturated heterocycles. The molecular weight excluding hydrogens is 509 g/mol. The van der Waals surface area contributed by atoms with Crippen LogP contribution in [0.3, 0.4) is 0 Å². The fraction of sp³-hybridized carbons (Fsp3) is 0.148. The molecule has 9 nitrogen and oxygen atoms in total. The lowest BCUT2D eigenvalue weighted by atomic mass is 10.0. The maximum Gasteiger partial charge on any atom is 0.269 e. The van der Waals surface area contributed by atoms with Gasteiger partial charge >= 0.3 is 0 Å². The fourth-order valence-electron chi connectivity index (χ4n) is 4.37. The number of hydrogen-bond donors (Lipinski definition) is 2. The van der Waals surface area contributed by atoms with Crippen LogP contribution in [0.15, 0.2) is 89.5 Å². The molecule has 38 heavy (non-hydrogen) atoms. The highest BCUT2D eigenvalue weighted by molar-refractivity contribution is 7.80. The Bertz CT molecular complexity index is 1480. The molecule has 4 aromatic rings. The standard InChI is InChI=1S/C27H22FN5O4S/c28-19-5-1-2-6-20(19)30-24(34)14-16-32-26(25(31-27(32)38)21-7-3-4-15-29-21)23-13-12-22(37-23)17-8-10-18(11-9-17)33(35)36/h1-13,15,25-26H,14,16H2,(H,30,34)(H,31,38)/t25-,26+/m0/s1. The first kappa shape index (κ1) is 25.0.